The Morgan fingerprint density at radius 1 is 1.14 bits per heavy atom. The third-order valence-corrected chi connectivity index (χ3v) is 4.85. The van der Waals surface area contributed by atoms with Crippen molar-refractivity contribution in [2.24, 2.45) is 10.7 Å². The predicted molar refractivity (Wildman–Crippen MR) is 151 cm³/mol. The van der Waals surface area contributed by atoms with Gasteiger partial charge in [0.05, 0.1) is 6.54 Å². The number of aromatic nitrogens is 2. The van der Waals surface area contributed by atoms with Crippen molar-refractivity contribution in [3.63, 3.8) is 0 Å². The summed E-state index contributed by atoms with van der Waals surface area (Å²) in [6.07, 6.45) is 11.0. The summed E-state index contributed by atoms with van der Waals surface area (Å²) in [6.45, 7) is 9.84. The van der Waals surface area contributed by atoms with Crippen molar-refractivity contribution >= 4 is 41.2 Å². The second-order valence-electron chi connectivity index (χ2n) is 7.73. The van der Waals surface area contributed by atoms with Gasteiger partial charge in [-0.3, -0.25) is 4.79 Å². The minimum absolute atomic E-state index is 0.0929. The lowest BCUT2D eigenvalue weighted by atomic mass is 10.1. The highest BCUT2D eigenvalue weighted by Crippen LogP contribution is 2.28. The van der Waals surface area contributed by atoms with Crippen LogP contribution in [-0.4, -0.2) is 28.6 Å². The molecule has 0 aliphatic carbocycles. The molecule has 1 aromatic heterocycles. The smallest absolute Gasteiger partial charge is 0.238 e. The number of anilines is 4. The summed E-state index contributed by atoms with van der Waals surface area (Å²) >= 11 is 0. The van der Waals surface area contributed by atoms with Crippen molar-refractivity contribution in [1.29, 1.82) is 0 Å². The average molecular weight is 498 g/mol. The van der Waals surface area contributed by atoms with Gasteiger partial charge < -0.3 is 26.4 Å². The topological polar surface area (TPSA) is 127 Å². The molecule has 0 unspecified atom stereocenters. The molecule has 3 aromatic rings. The van der Waals surface area contributed by atoms with E-state index in [1.807, 2.05) is 24.3 Å². The molecular weight excluding hydrogens is 466 g/mol. The second-order valence-corrected chi connectivity index (χ2v) is 7.73. The van der Waals surface area contributed by atoms with Gasteiger partial charge >= 0.3 is 0 Å². The molecule has 2 aromatic carbocycles. The molecule has 9 heteroatoms. The molecule has 9 nitrogen and oxygen atoms in total. The van der Waals surface area contributed by atoms with E-state index in [4.69, 9.17) is 10.5 Å². The van der Waals surface area contributed by atoms with Crippen LogP contribution in [0.2, 0.25) is 0 Å². The van der Waals surface area contributed by atoms with Gasteiger partial charge in [0.25, 0.3) is 0 Å². The quantitative estimate of drug-likeness (QED) is 0.172. The molecule has 0 atom stereocenters. The first-order valence-corrected chi connectivity index (χ1v) is 11.8. The van der Waals surface area contributed by atoms with Crippen LogP contribution in [0.1, 0.15) is 25.3 Å². The number of rotatable bonds is 13. The van der Waals surface area contributed by atoms with Crippen molar-refractivity contribution in [2.45, 2.75) is 19.8 Å². The Morgan fingerprint density at radius 2 is 1.97 bits per heavy atom. The first-order chi connectivity index (χ1) is 18.0. The van der Waals surface area contributed by atoms with Crippen molar-refractivity contribution in [2.75, 3.05) is 22.5 Å². The maximum atomic E-state index is 11.5. The minimum atomic E-state index is -0.277. The number of ether oxygens (including phenoxy) is 1. The van der Waals surface area contributed by atoms with Crippen LogP contribution in [0.25, 0.3) is 6.08 Å². The highest BCUT2D eigenvalue weighted by Gasteiger charge is 2.07. The summed E-state index contributed by atoms with van der Waals surface area (Å²) in [5.74, 6) is 1.52. The number of hydrogen-bond donors (Lipinski definition) is 4. The number of carbonyl (C=O) groups excluding carboxylic acids is 1. The molecule has 0 saturated carbocycles. The average Bonchev–Trinajstić information content (AvgIpc) is 2.89. The number of nitrogens with one attached hydrogen (secondary N) is 3. The van der Waals surface area contributed by atoms with E-state index in [9.17, 15) is 4.79 Å². The van der Waals surface area contributed by atoms with Crippen LogP contribution in [-0.2, 0) is 4.79 Å². The number of amides is 1. The van der Waals surface area contributed by atoms with Crippen LogP contribution >= 0.6 is 0 Å². The Kier molecular flexibility index (Phi) is 10.1. The zero-order valence-electron chi connectivity index (χ0n) is 20.8. The zero-order chi connectivity index (χ0) is 26.5. The van der Waals surface area contributed by atoms with Gasteiger partial charge in [-0.2, -0.15) is 4.98 Å². The van der Waals surface area contributed by atoms with Crippen molar-refractivity contribution in [1.82, 2.24) is 9.97 Å². The van der Waals surface area contributed by atoms with Gasteiger partial charge in [0.1, 0.15) is 11.6 Å². The molecule has 0 saturated heterocycles. The van der Waals surface area contributed by atoms with Gasteiger partial charge in [-0.25, -0.2) is 9.98 Å². The highest BCUT2D eigenvalue weighted by molar-refractivity contribution is 5.92. The largest absolute Gasteiger partial charge is 0.439 e. The standard InChI is InChI=1S/C28H31N7O2/c1-4-6-7-8-15-30-20(3)32-25-13-12-24(17-21(25)5-2)37-27-14-16-31-28(35-27)34-23-11-9-10-22(18-23)33-26(36)19-29/h5-7,9-18,32H,2-4,8,19,29H2,1H3,(H,33,36)(H,31,34,35)/b7-6-,30-15-. The molecule has 0 aliphatic heterocycles. The molecule has 1 heterocycles. The summed E-state index contributed by atoms with van der Waals surface area (Å²) < 4.78 is 5.96. The number of nitrogens with two attached hydrogens (primary N) is 1. The summed E-state index contributed by atoms with van der Waals surface area (Å²) in [4.78, 5) is 24.5. The zero-order valence-corrected chi connectivity index (χ0v) is 20.8. The molecule has 0 aliphatic rings. The highest BCUT2D eigenvalue weighted by atomic mass is 16.5. The lowest BCUT2D eigenvalue weighted by Crippen LogP contribution is -2.21. The number of benzene rings is 2. The van der Waals surface area contributed by atoms with Gasteiger partial charge in [-0.15, -0.1) is 0 Å². The van der Waals surface area contributed by atoms with Crippen LogP contribution < -0.4 is 26.4 Å². The van der Waals surface area contributed by atoms with Crippen LogP contribution in [0.3, 0.4) is 0 Å². The lowest BCUT2D eigenvalue weighted by molar-refractivity contribution is -0.114. The maximum absolute atomic E-state index is 11.5. The molecule has 3 rings (SSSR count). The Hall–Kier alpha value is -4.76. The normalized spacial score (nSPS) is 10.9. The number of hydrogen-bond acceptors (Lipinski definition) is 8. The van der Waals surface area contributed by atoms with E-state index in [0.717, 1.165) is 24.1 Å². The first kappa shape index (κ1) is 26.8. The van der Waals surface area contributed by atoms with Crippen LogP contribution in [0.15, 0.2) is 90.9 Å². The van der Waals surface area contributed by atoms with E-state index >= 15 is 0 Å². The van der Waals surface area contributed by atoms with E-state index in [1.54, 1.807) is 42.8 Å². The lowest BCUT2D eigenvalue weighted by Gasteiger charge is -2.12. The maximum Gasteiger partial charge on any atom is 0.238 e. The predicted octanol–water partition coefficient (Wildman–Crippen LogP) is 5.86. The summed E-state index contributed by atoms with van der Waals surface area (Å²) in [5, 5.41) is 9.00. The Morgan fingerprint density at radius 3 is 2.76 bits per heavy atom. The molecule has 0 radical (unpaired) electrons. The summed E-state index contributed by atoms with van der Waals surface area (Å²) in [5.41, 5.74) is 8.29. The summed E-state index contributed by atoms with van der Waals surface area (Å²) in [6, 6.07) is 14.3. The fraction of sp³-hybridized carbons (Fsp3) is 0.143. The van der Waals surface area contributed by atoms with Gasteiger partial charge in [-0.1, -0.05) is 44.4 Å². The van der Waals surface area contributed by atoms with Crippen LogP contribution in [0, 0.1) is 0 Å². The van der Waals surface area contributed by atoms with Crippen molar-refractivity contribution in [3.8, 4) is 11.6 Å². The van der Waals surface area contributed by atoms with Crippen LogP contribution in [0.4, 0.5) is 23.0 Å². The van der Waals surface area contributed by atoms with E-state index in [-0.39, 0.29) is 12.5 Å². The van der Waals surface area contributed by atoms with E-state index in [1.165, 1.54) is 0 Å². The van der Waals surface area contributed by atoms with E-state index < -0.39 is 0 Å². The molecule has 5 N–H and O–H groups in total. The van der Waals surface area contributed by atoms with E-state index in [2.05, 4.69) is 63.1 Å². The number of carbonyl (C=O) groups is 1. The van der Waals surface area contributed by atoms with Gasteiger partial charge in [0, 0.05) is 47.5 Å². The molecule has 1 amide bonds. The number of aliphatic imine (C=N–C) groups is 1. The Balaban J connectivity index is 1.66. The fourth-order valence-electron chi connectivity index (χ4n) is 3.16. The molecule has 190 valence electrons. The summed E-state index contributed by atoms with van der Waals surface area (Å²) in [7, 11) is 0. The molecule has 0 spiro atoms. The van der Waals surface area contributed by atoms with Gasteiger partial charge in [0.2, 0.25) is 17.7 Å². The Bertz CT molecular complexity index is 1300. The molecule has 0 fully saturated rings. The third-order valence-electron chi connectivity index (χ3n) is 4.85. The molecular formula is C28H31N7O2. The fourth-order valence-corrected chi connectivity index (χ4v) is 3.16. The first-order valence-electron chi connectivity index (χ1n) is 11.8. The number of nitrogens with zero attached hydrogens (tertiary/aromatic N) is 3. The second kappa shape index (κ2) is 14.0. The minimum Gasteiger partial charge on any atom is -0.439 e. The van der Waals surface area contributed by atoms with Crippen LogP contribution in [0.5, 0.6) is 11.6 Å². The SMILES string of the molecule is C=Cc1cc(Oc2ccnc(Nc3cccc(NC(=O)CN)c3)n2)ccc1NC(=C)/N=C\C/C=C\CC. The number of allylic oxidation sites excluding steroid dienone is 2. The van der Waals surface area contributed by atoms with Gasteiger partial charge in [0.15, 0.2) is 0 Å². The monoisotopic (exact) mass is 497 g/mol. The molecule has 37 heavy (non-hydrogen) atoms. The Labute approximate surface area is 216 Å². The van der Waals surface area contributed by atoms with Crippen molar-refractivity contribution in [3.05, 3.63) is 91.4 Å². The van der Waals surface area contributed by atoms with E-state index in [0.29, 0.717) is 34.8 Å². The molecule has 0 bridgehead atoms. The third kappa shape index (κ3) is 8.75. The van der Waals surface area contributed by atoms with Crippen molar-refractivity contribution < 1.29 is 9.53 Å². The van der Waals surface area contributed by atoms with Gasteiger partial charge in [-0.05, 0) is 42.8 Å².